The van der Waals surface area contributed by atoms with Gasteiger partial charge in [-0.05, 0) is 31.7 Å². The summed E-state index contributed by atoms with van der Waals surface area (Å²) in [6.07, 6.45) is 1.95. The molecule has 0 aromatic carbocycles. The molecule has 2 atom stereocenters. The molecule has 8 nitrogen and oxygen atoms in total. The van der Waals surface area contributed by atoms with E-state index in [0.717, 1.165) is 19.4 Å². The molecule has 1 aromatic heterocycles. The number of carbonyl (C=O) groups is 2. The van der Waals surface area contributed by atoms with Crippen molar-refractivity contribution in [2.45, 2.75) is 45.3 Å². The second-order valence-electron chi connectivity index (χ2n) is 7.01. The monoisotopic (exact) mass is 361 g/mol. The number of aromatic nitrogens is 1. The molecule has 0 bridgehead atoms. The van der Waals surface area contributed by atoms with E-state index in [4.69, 9.17) is 9.47 Å². The Morgan fingerprint density at radius 1 is 1.50 bits per heavy atom. The number of carboxylic acids is 1. The molecule has 8 heteroatoms. The minimum Gasteiger partial charge on any atom is -0.478 e. The molecule has 0 aliphatic carbocycles. The summed E-state index contributed by atoms with van der Waals surface area (Å²) in [6, 6.07) is 2.91. The molecular weight excluding hydrogens is 338 g/mol. The van der Waals surface area contributed by atoms with E-state index in [2.05, 4.69) is 15.3 Å². The molecule has 3 heterocycles. The minimum absolute atomic E-state index is 0.0205. The minimum atomic E-state index is -1.15. The normalized spacial score (nSPS) is 25.3. The van der Waals surface area contributed by atoms with Crippen LogP contribution in [0.1, 0.15) is 49.7 Å². The Labute approximate surface area is 151 Å². The predicted molar refractivity (Wildman–Crippen MR) is 93.6 cm³/mol. The standard InChI is InChI=1S/C18H23N3O5/c1-10(2)18(3)17(24)20-15(21-18)14-12(16(22)23)6-7-13(19-14)26-9-11-5-4-8-25-11/h6-7,10-11H,4-5,8-9H2,1-3H3,(H,22,23)(H,20,21,24). The zero-order valence-electron chi connectivity index (χ0n) is 15.1. The number of hydrogen-bond donors (Lipinski definition) is 2. The van der Waals surface area contributed by atoms with Gasteiger partial charge >= 0.3 is 5.97 Å². The molecule has 2 aliphatic rings. The third-order valence-electron chi connectivity index (χ3n) is 4.93. The second kappa shape index (κ2) is 7.03. The van der Waals surface area contributed by atoms with Gasteiger partial charge in [0, 0.05) is 12.7 Å². The van der Waals surface area contributed by atoms with Gasteiger partial charge in [0.05, 0.1) is 11.7 Å². The zero-order valence-corrected chi connectivity index (χ0v) is 15.1. The number of aromatic carboxylic acids is 1. The maximum Gasteiger partial charge on any atom is 0.338 e. The Balaban J connectivity index is 1.90. The van der Waals surface area contributed by atoms with Crippen LogP contribution in [0.2, 0.25) is 0 Å². The van der Waals surface area contributed by atoms with Gasteiger partial charge in [-0.25, -0.2) is 14.8 Å². The van der Waals surface area contributed by atoms with Crippen LogP contribution in [0.3, 0.4) is 0 Å². The first kappa shape index (κ1) is 18.3. The topological polar surface area (TPSA) is 110 Å². The van der Waals surface area contributed by atoms with Crippen LogP contribution in [-0.4, -0.2) is 52.7 Å². The fourth-order valence-electron chi connectivity index (χ4n) is 2.88. The molecule has 0 saturated carbocycles. The molecular formula is C18H23N3O5. The van der Waals surface area contributed by atoms with Crippen LogP contribution < -0.4 is 10.1 Å². The zero-order chi connectivity index (χ0) is 18.9. The summed E-state index contributed by atoms with van der Waals surface area (Å²) in [6.45, 7) is 6.57. The highest BCUT2D eigenvalue weighted by molar-refractivity contribution is 6.17. The van der Waals surface area contributed by atoms with Crippen LogP contribution >= 0.6 is 0 Å². The number of ether oxygens (including phenoxy) is 2. The molecule has 1 aromatic rings. The number of aliphatic imine (C=N–C) groups is 1. The molecule has 140 valence electrons. The number of carboxylic acid groups (broad SMARTS) is 1. The molecule has 3 rings (SSSR count). The fourth-order valence-corrected chi connectivity index (χ4v) is 2.88. The molecule has 1 fully saturated rings. The van der Waals surface area contributed by atoms with E-state index in [-0.39, 0.29) is 40.9 Å². The van der Waals surface area contributed by atoms with Gasteiger partial charge in [0.15, 0.2) is 5.84 Å². The van der Waals surface area contributed by atoms with Crippen molar-refractivity contribution in [3.63, 3.8) is 0 Å². The first-order chi connectivity index (χ1) is 12.3. The lowest BCUT2D eigenvalue weighted by Crippen LogP contribution is -2.41. The van der Waals surface area contributed by atoms with Gasteiger partial charge < -0.3 is 19.9 Å². The highest BCUT2D eigenvalue weighted by Crippen LogP contribution is 2.28. The number of hydrogen-bond acceptors (Lipinski definition) is 6. The average Bonchev–Trinajstić information content (AvgIpc) is 3.21. The number of carbonyl (C=O) groups excluding carboxylic acids is 1. The van der Waals surface area contributed by atoms with E-state index in [9.17, 15) is 14.7 Å². The lowest BCUT2D eigenvalue weighted by molar-refractivity contribution is -0.124. The highest BCUT2D eigenvalue weighted by atomic mass is 16.5. The fraction of sp³-hybridized carbons (Fsp3) is 0.556. The summed E-state index contributed by atoms with van der Waals surface area (Å²) in [5.74, 6) is -1.03. The third-order valence-corrected chi connectivity index (χ3v) is 4.93. The van der Waals surface area contributed by atoms with Crippen molar-refractivity contribution < 1.29 is 24.2 Å². The van der Waals surface area contributed by atoms with E-state index in [1.54, 1.807) is 6.92 Å². The average molecular weight is 361 g/mol. The Bertz CT molecular complexity index is 755. The Morgan fingerprint density at radius 3 is 2.85 bits per heavy atom. The lowest BCUT2D eigenvalue weighted by Gasteiger charge is -2.21. The first-order valence-electron chi connectivity index (χ1n) is 8.71. The summed E-state index contributed by atoms with van der Waals surface area (Å²) >= 11 is 0. The van der Waals surface area contributed by atoms with Crippen LogP contribution in [0, 0.1) is 5.92 Å². The van der Waals surface area contributed by atoms with Crippen molar-refractivity contribution in [1.82, 2.24) is 10.3 Å². The highest BCUT2D eigenvalue weighted by Gasteiger charge is 2.43. The summed E-state index contributed by atoms with van der Waals surface area (Å²) < 4.78 is 11.2. The van der Waals surface area contributed by atoms with Crippen LogP contribution in [0.4, 0.5) is 0 Å². The number of nitrogens with zero attached hydrogens (tertiary/aromatic N) is 2. The molecule has 26 heavy (non-hydrogen) atoms. The number of amidine groups is 1. The third kappa shape index (κ3) is 3.41. The number of amides is 1. The SMILES string of the molecule is CC(C)C1(C)N=C(c2nc(OCC3CCCO3)ccc2C(=O)O)NC1=O. The Kier molecular flexibility index (Phi) is 4.95. The Morgan fingerprint density at radius 2 is 2.27 bits per heavy atom. The molecule has 2 unspecified atom stereocenters. The van der Waals surface area contributed by atoms with Gasteiger partial charge in [0.25, 0.3) is 5.91 Å². The molecule has 0 spiro atoms. The van der Waals surface area contributed by atoms with Crippen molar-refractivity contribution in [3.8, 4) is 5.88 Å². The molecule has 1 saturated heterocycles. The van der Waals surface area contributed by atoms with E-state index < -0.39 is 11.5 Å². The van der Waals surface area contributed by atoms with Crippen molar-refractivity contribution >= 4 is 17.7 Å². The van der Waals surface area contributed by atoms with Crippen molar-refractivity contribution in [1.29, 1.82) is 0 Å². The second-order valence-corrected chi connectivity index (χ2v) is 7.01. The summed E-state index contributed by atoms with van der Waals surface area (Å²) in [4.78, 5) is 32.6. The van der Waals surface area contributed by atoms with Crippen molar-refractivity contribution in [2.75, 3.05) is 13.2 Å². The van der Waals surface area contributed by atoms with Gasteiger partial charge in [0.1, 0.15) is 17.8 Å². The number of pyridine rings is 1. The largest absolute Gasteiger partial charge is 0.478 e. The summed E-state index contributed by atoms with van der Waals surface area (Å²) in [7, 11) is 0. The van der Waals surface area contributed by atoms with Crippen LogP contribution in [0.5, 0.6) is 5.88 Å². The molecule has 1 amide bonds. The summed E-state index contributed by atoms with van der Waals surface area (Å²) in [5, 5.41) is 12.1. The lowest BCUT2D eigenvalue weighted by atomic mass is 9.89. The van der Waals surface area contributed by atoms with Gasteiger partial charge in [-0.2, -0.15) is 0 Å². The number of rotatable bonds is 6. The molecule has 2 N–H and O–H groups in total. The van der Waals surface area contributed by atoms with E-state index >= 15 is 0 Å². The molecule has 2 aliphatic heterocycles. The number of nitrogens with one attached hydrogen (secondary N) is 1. The van der Waals surface area contributed by atoms with Gasteiger partial charge in [-0.1, -0.05) is 13.8 Å². The van der Waals surface area contributed by atoms with Crippen LogP contribution in [0.25, 0.3) is 0 Å². The maximum atomic E-state index is 12.3. The van der Waals surface area contributed by atoms with Gasteiger partial charge in [0.2, 0.25) is 5.88 Å². The van der Waals surface area contributed by atoms with Crippen LogP contribution in [-0.2, 0) is 9.53 Å². The smallest absolute Gasteiger partial charge is 0.338 e. The van der Waals surface area contributed by atoms with Gasteiger partial charge in [-0.15, -0.1) is 0 Å². The van der Waals surface area contributed by atoms with E-state index in [1.807, 2.05) is 13.8 Å². The molecule has 0 radical (unpaired) electrons. The summed E-state index contributed by atoms with van der Waals surface area (Å²) in [5.41, 5.74) is -0.900. The first-order valence-corrected chi connectivity index (χ1v) is 8.71. The van der Waals surface area contributed by atoms with Crippen LogP contribution in [0.15, 0.2) is 17.1 Å². The van der Waals surface area contributed by atoms with Crippen molar-refractivity contribution in [2.24, 2.45) is 10.9 Å². The predicted octanol–water partition coefficient (Wildman–Crippen LogP) is 1.63. The quantitative estimate of drug-likeness (QED) is 0.797. The van der Waals surface area contributed by atoms with E-state index in [1.165, 1.54) is 12.1 Å². The van der Waals surface area contributed by atoms with Gasteiger partial charge in [-0.3, -0.25) is 4.79 Å². The van der Waals surface area contributed by atoms with E-state index in [0.29, 0.717) is 6.61 Å². The Hall–Kier alpha value is -2.48. The van der Waals surface area contributed by atoms with Crippen molar-refractivity contribution in [3.05, 3.63) is 23.4 Å². The maximum absolute atomic E-state index is 12.3.